The minimum absolute atomic E-state index is 0. The minimum atomic E-state index is -4.64. The van der Waals surface area contributed by atoms with E-state index in [0.29, 0.717) is 0 Å². The molecule has 0 spiro atoms. The first-order valence-electron chi connectivity index (χ1n) is 2.59. The summed E-state index contributed by atoms with van der Waals surface area (Å²) in [5.74, 6) is 0. The average molecular weight is 194 g/mol. The van der Waals surface area contributed by atoms with E-state index in [2.05, 4.69) is 0 Å². The number of ether oxygens (including phenoxy) is 1. The fraction of sp³-hybridized carbons (Fsp3) is 0.750. The molecule has 0 atom stereocenters. The number of hydrogen-bond acceptors (Lipinski definition) is 2. The molecule has 64 valence electrons. The van der Waals surface area contributed by atoms with Gasteiger partial charge in [0.15, 0.2) is 0 Å². The average Bonchev–Trinajstić information content (AvgIpc) is 1.63. The van der Waals surface area contributed by atoms with Crippen molar-refractivity contribution in [3.63, 3.8) is 0 Å². The van der Waals surface area contributed by atoms with E-state index in [0.717, 1.165) is 6.61 Å². The van der Waals surface area contributed by atoms with Crippen LogP contribution in [0.4, 0.5) is 0 Å². The Kier molecular flexibility index (Phi) is 18.1. The van der Waals surface area contributed by atoms with E-state index in [-0.39, 0.29) is 29.6 Å². The maximum atomic E-state index is 8.88. The van der Waals surface area contributed by atoms with E-state index in [1.54, 1.807) is 6.61 Å². The first kappa shape index (κ1) is 18.0. The van der Waals surface area contributed by atoms with Crippen LogP contribution in [0.25, 0.3) is 0 Å². The molecule has 0 aromatic rings. The summed E-state index contributed by atoms with van der Waals surface area (Å²) in [4.78, 5) is 21.6. The Morgan fingerprint density at radius 1 is 1.45 bits per heavy atom. The van der Waals surface area contributed by atoms with Crippen molar-refractivity contribution in [1.29, 1.82) is 0 Å². The van der Waals surface area contributed by atoms with Crippen LogP contribution in [0.5, 0.6) is 0 Å². The standard InChI is InChI=1S/C4H9O.Na.H3O4P/c1-3-5-4-2;;1-5(2,3)4/h3H,4H2,1-2H3;;(H3,1,2,3,4)/q-1;+1;. The topological polar surface area (TPSA) is 87.0 Å². The van der Waals surface area contributed by atoms with Crippen LogP contribution in [-0.2, 0) is 9.30 Å². The van der Waals surface area contributed by atoms with Gasteiger partial charge in [-0.3, -0.25) is 0 Å². The molecule has 0 aliphatic heterocycles. The summed E-state index contributed by atoms with van der Waals surface area (Å²) in [7, 11) is -4.64. The molecule has 0 amide bonds. The van der Waals surface area contributed by atoms with E-state index in [4.69, 9.17) is 24.0 Å². The third-order valence-electron chi connectivity index (χ3n) is 0.333. The molecule has 0 fully saturated rings. The largest absolute Gasteiger partial charge is 1.00 e. The predicted octanol–water partition coefficient (Wildman–Crippen LogP) is -2.72. The SMILES string of the molecule is C[CH-]OCC.O=P(O)(O)O.[Na+]. The van der Waals surface area contributed by atoms with Gasteiger partial charge in [-0.1, -0.05) is 0 Å². The van der Waals surface area contributed by atoms with Gasteiger partial charge >= 0.3 is 37.4 Å². The first-order chi connectivity index (χ1) is 4.41. The summed E-state index contributed by atoms with van der Waals surface area (Å²) in [6.45, 7) is 6.29. The molecule has 3 N–H and O–H groups in total. The van der Waals surface area contributed by atoms with Crippen LogP contribution in [0.3, 0.4) is 0 Å². The molecular formula is C4H12NaO5P. The van der Waals surface area contributed by atoms with Crippen molar-refractivity contribution in [2.24, 2.45) is 0 Å². The molecule has 0 rings (SSSR count). The monoisotopic (exact) mass is 194 g/mol. The third-order valence-corrected chi connectivity index (χ3v) is 0.333. The summed E-state index contributed by atoms with van der Waals surface area (Å²) in [6, 6.07) is 0. The van der Waals surface area contributed by atoms with E-state index in [1.807, 2.05) is 13.8 Å². The number of phosphoric acid groups is 1. The summed E-state index contributed by atoms with van der Waals surface area (Å²) < 4.78 is 13.6. The smallest absolute Gasteiger partial charge is 0.552 e. The Hall–Kier alpha value is 1.07. The Balaban J connectivity index is -0.000000107. The van der Waals surface area contributed by atoms with E-state index >= 15 is 0 Å². The van der Waals surface area contributed by atoms with Crippen LogP contribution in [-0.4, -0.2) is 21.3 Å². The summed E-state index contributed by atoms with van der Waals surface area (Å²) in [6.07, 6.45) is 0. The molecule has 0 heterocycles. The molecule has 5 nitrogen and oxygen atoms in total. The number of hydrogen-bond donors (Lipinski definition) is 3. The Morgan fingerprint density at radius 2 is 1.73 bits per heavy atom. The van der Waals surface area contributed by atoms with Gasteiger partial charge in [0, 0.05) is 6.61 Å². The second kappa shape index (κ2) is 11.1. The van der Waals surface area contributed by atoms with Crippen molar-refractivity contribution in [3.8, 4) is 0 Å². The van der Waals surface area contributed by atoms with Crippen LogP contribution in [0.1, 0.15) is 13.8 Å². The molecule has 0 aliphatic carbocycles. The molecule has 0 aromatic heterocycles. The van der Waals surface area contributed by atoms with Crippen LogP contribution < -0.4 is 29.6 Å². The quantitative estimate of drug-likeness (QED) is 0.252. The maximum Gasteiger partial charge on any atom is 1.00 e. The predicted molar refractivity (Wildman–Crippen MR) is 35.9 cm³/mol. The van der Waals surface area contributed by atoms with E-state index in [9.17, 15) is 0 Å². The molecule has 11 heavy (non-hydrogen) atoms. The molecule has 0 saturated carbocycles. The maximum absolute atomic E-state index is 8.88. The van der Waals surface area contributed by atoms with Crippen molar-refractivity contribution in [1.82, 2.24) is 0 Å². The van der Waals surface area contributed by atoms with Gasteiger partial charge in [0.2, 0.25) is 0 Å². The Morgan fingerprint density at radius 3 is 1.73 bits per heavy atom. The molecule has 7 heteroatoms. The zero-order valence-electron chi connectivity index (χ0n) is 6.89. The van der Waals surface area contributed by atoms with Crippen LogP contribution in [0, 0.1) is 6.61 Å². The zero-order valence-corrected chi connectivity index (χ0v) is 9.78. The zero-order chi connectivity index (χ0) is 8.62. The summed E-state index contributed by atoms with van der Waals surface area (Å²) in [5.41, 5.74) is 0. The van der Waals surface area contributed by atoms with Gasteiger partial charge in [0.1, 0.15) is 0 Å². The van der Waals surface area contributed by atoms with Crippen LogP contribution in [0.15, 0.2) is 0 Å². The molecule has 0 bridgehead atoms. The van der Waals surface area contributed by atoms with Crippen molar-refractivity contribution in [2.45, 2.75) is 13.8 Å². The fourth-order valence-corrected chi connectivity index (χ4v) is 0.167. The van der Waals surface area contributed by atoms with Crippen molar-refractivity contribution >= 4 is 7.82 Å². The van der Waals surface area contributed by atoms with Gasteiger partial charge in [-0.2, -0.15) is 6.92 Å². The Bertz CT molecular complexity index is 92.4. The molecule has 0 aliphatic rings. The first-order valence-corrected chi connectivity index (χ1v) is 4.16. The van der Waals surface area contributed by atoms with Gasteiger partial charge in [0.05, 0.1) is 0 Å². The van der Waals surface area contributed by atoms with E-state index in [1.165, 1.54) is 0 Å². The van der Waals surface area contributed by atoms with Crippen LogP contribution >= 0.6 is 7.82 Å². The second-order valence-electron chi connectivity index (χ2n) is 1.20. The molecule has 0 saturated heterocycles. The van der Waals surface area contributed by atoms with Gasteiger partial charge in [0.25, 0.3) is 0 Å². The van der Waals surface area contributed by atoms with Gasteiger partial charge in [-0.15, -0.1) is 0 Å². The second-order valence-corrected chi connectivity index (χ2v) is 2.23. The van der Waals surface area contributed by atoms with Crippen LogP contribution in [0.2, 0.25) is 0 Å². The summed E-state index contributed by atoms with van der Waals surface area (Å²) in [5, 5.41) is 0. The van der Waals surface area contributed by atoms with Gasteiger partial charge in [-0.05, 0) is 6.92 Å². The molecule has 0 unspecified atom stereocenters. The van der Waals surface area contributed by atoms with Gasteiger partial charge in [-0.25, -0.2) is 11.2 Å². The summed E-state index contributed by atoms with van der Waals surface area (Å²) >= 11 is 0. The van der Waals surface area contributed by atoms with Crippen molar-refractivity contribution in [2.75, 3.05) is 6.61 Å². The fourth-order valence-electron chi connectivity index (χ4n) is 0.167. The van der Waals surface area contributed by atoms with Crippen molar-refractivity contribution in [3.05, 3.63) is 6.61 Å². The minimum Gasteiger partial charge on any atom is -0.552 e. The molecule has 0 radical (unpaired) electrons. The Labute approximate surface area is 88.3 Å². The number of rotatable bonds is 2. The third kappa shape index (κ3) is 96.6. The normalized spacial score (nSPS) is 9.18. The van der Waals surface area contributed by atoms with E-state index < -0.39 is 7.82 Å². The van der Waals surface area contributed by atoms with Gasteiger partial charge < -0.3 is 19.4 Å². The molecular weight excluding hydrogens is 182 g/mol. The molecule has 0 aromatic carbocycles. The van der Waals surface area contributed by atoms with Crippen molar-refractivity contribution < 1.29 is 53.5 Å².